The van der Waals surface area contributed by atoms with Crippen LogP contribution in [0.15, 0.2) is 23.1 Å². The number of nitro benzene ring substituents is 1. The summed E-state index contributed by atoms with van der Waals surface area (Å²) >= 11 is 0. The van der Waals surface area contributed by atoms with Crippen molar-refractivity contribution in [2.75, 3.05) is 12.9 Å². The predicted octanol–water partition coefficient (Wildman–Crippen LogP) is 3.16. The van der Waals surface area contributed by atoms with E-state index in [-0.39, 0.29) is 17.6 Å². The van der Waals surface area contributed by atoms with Gasteiger partial charge in [0.1, 0.15) is 11.0 Å². The Bertz CT molecular complexity index is 925. The van der Waals surface area contributed by atoms with Gasteiger partial charge in [-0.05, 0) is 42.7 Å². The molecule has 0 aliphatic heterocycles. The Kier molecular flexibility index (Phi) is 7.57. The van der Waals surface area contributed by atoms with Gasteiger partial charge in [0.2, 0.25) is 0 Å². The molecule has 1 saturated carbocycles. The quantitative estimate of drug-likeness (QED) is 0.358. The molecule has 0 amide bonds. The van der Waals surface area contributed by atoms with Gasteiger partial charge in [0, 0.05) is 12.3 Å². The molecular weight excluding hydrogens is 414 g/mol. The Labute approximate surface area is 175 Å². The highest BCUT2D eigenvalue weighted by atomic mass is 32.2. The molecular formula is C20H27NO8S. The van der Waals surface area contributed by atoms with Gasteiger partial charge in [-0.25, -0.2) is 18.0 Å². The van der Waals surface area contributed by atoms with E-state index in [1.807, 2.05) is 0 Å². The maximum Gasteiger partial charge on any atom is 0.344 e. The number of hydrogen-bond donors (Lipinski definition) is 0. The topological polar surface area (TPSA) is 130 Å². The molecule has 0 spiro atoms. The van der Waals surface area contributed by atoms with Crippen molar-refractivity contribution in [2.45, 2.75) is 51.0 Å². The van der Waals surface area contributed by atoms with Crippen molar-refractivity contribution >= 4 is 27.5 Å². The molecule has 1 aliphatic carbocycles. The summed E-state index contributed by atoms with van der Waals surface area (Å²) in [6.45, 7) is 5.63. The number of benzene rings is 1. The van der Waals surface area contributed by atoms with Gasteiger partial charge < -0.3 is 9.47 Å². The molecule has 30 heavy (non-hydrogen) atoms. The Morgan fingerprint density at radius 2 is 1.93 bits per heavy atom. The largest absolute Gasteiger partial charge is 0.460 e. The van der Waals surface area contributed by atoms with Crippen LogP contribution < -0.4 is 0 Å². The van der Waals surface area contributed by atoms with Crippen LogP contribution in [-0.4, -0.2) is 44.2 Å². The molecule has 2 rings (SSSR count). The monoisotopic (exact) mass is 441 g/mol. The third-order valence-electron chi connectivity index (χ3n) is 5.36. The van der Waals surface area contributed by atoms with E-state index in [2.05, 4.69) is 20.8 Å². The second kappa shape index (κ2) is 9.55. The first-order valence-electron chi connectivity index (χ1n) is 9.75. The molecule has 166 valence electrons. The second-order valence-corrected chi connectivity index (χ2v) is 10.1. The Balaban J connectivity index is 2.04. The summed E-state index contributed by atoms with van der Waals surface area (Å²) < 4.78 is 33.8. The highest BCUT2D eigenvalue weighted by Crippen LogP contribution is 2.35. The minimum absolute atomic E-state index is 0.228. The second-order valence-electron chi connectivity index (χ2n) is 8.14. The van der Waals surface area contributed by atoms with E-state index in [9.17, 15) is 28.1 Å². The van der Waals surface area contributed by atoms with Crippen molar-refractivity contribution in [1.29, 1.82) is 0 Å². The minimum atomic E-state index is -3.85. The van der Waals surface area contributed by atoms with E-state index in [1.54, 1.807) is 0 Å². The molecule has 0 radical (unpaired) electrons. The number of sulfone groups is 1. The lowest BCUT2D eigenvalue weighted by atomic mass is 9.75. The number of hydrogen-bond acceptors (Lipinski definition) is 8. The van der Waals surface area contributed by atoms with Gasteiger partial charge in [-0.2, -0.15) is 0 Å². The molecule has 10 heteroatoms. The normalized spacial score (nSPS) is 21.8. The van der Waals surface area contributed by atoms with E-state index in [1.165, 1.54) is 0 Å². The minimum Gasteiger partial charge on any atom is -0.460 e. The first-order chi connectivity index (χ1) is 13.9. The van der Waals surface area contributed by atoms with Crippen LogP contribution in [0.5, 0.6) is 0 Å². The lowest BCUT2D eigenvalue weighted by Crippen LogP contribution is -2.36. The number of ether oxygens (including phenoxy) is 2. The van der Waals surface area contributed by atoms with Crippen molar-refractivity contribution in [1.82, 2.24) is 0 Å². The summed E-state index contributed by atoms with van der Waals surface area (Å²) in [7, 11) is -3.85. The average Bonchev–Trinajstić information content (AvgIpc) is 2.64. The summed E-state index contributed by atoms with van der Waals surface area (Å²) in [6, 6.07) is 2.90. The van der Waals surface area contributed by atoms with E-state index in [0.29, 0.717) is 11.8 Å². The predicted molar refractivity (Wildman–Crippen MR) is 108 cm³/mol. The standard InChI is InChI=1S/C20H27NO8S/c1-12(2)15-7-5-13(3)9-17(15)29-19(22)11-28-20(23)14-6-8-18(30(4,26)27)16(10-14)21(24)25/h6,8,10,12-13,15,17H,5,7,9,11H2,1-4H3. The Morgan fingerprint density at radius 3 is 2.50 bits per heavy atom. The third-order valence-corrected chi connectivity index (χ3v) is 6.50. The van der Waals surface area contributed by atoms with Crippen LogP contribution in [0.3, 0.4) is 0 Å². The van der Waals surface area contributed by atoms with Gasteiger partial charge in [0.25, 0.3) is 5.69 Å². The highest BCUT2D eigenvalue weighted by Gasteiger charge is 2.33. The van der Waals surface area contributed by atoms with Gasteiger partial charge >= 0.3 is 11.9 Å². The van der Waals surface area contributed by atoms with E-state index < -0.39 is 43.9 Å². The molecule has 1 aliphatic rings. The maximum atomic E-state index is 12.2. The summed E-state index contributed by atoms with van der Waals surface area (Å²) in [6.07, 6.45) is 3.39. The van der Waals surface area contributed by atoms with Crippen LogP contribution in [0.4, 0.5) is 5.69 Å². The number of carbonyl (C=O) groups excluding carboxylic acids is 2. The van der Waals surface area contributed by atoms with E-state index >= 15 is 0 Å². The molecule has 1 aromatic rings. The van der Waals surface area contributed by atoms with Crippen LogP contribution in [-0.2, 0) is 24.1 Å². The molecule has 3 unspecified atom stereocenters. The fraction of sp³-hybridized carbons (Fsp3) is 0.600. The summed E-state index contributed by atoms with van der Waals surface area (Å²) in [5.41, 5.74) is -0.959. The van der Waals surface area contributed by atoms with Gasteiger partial charge in [-0.3, -0.25) is 10.1 Å². The Morgan fingerprint density at radius 1 is 1.27 bits per heavy atom. The van der Waals surface area contributed by atoms with Crippen LogP contribution >= 0.6 is 0 Å². The molecule has 0 saturated heterocycles. The number of nitro groups is 1. The van der Waals surface area contributed by atoms with Crippen LogP contribution in [0, 0.1) is 27.9 Å². The van der Waals surface area contributed by atoms with Gasteiger partial charge in [-0.1, -0.05) is 27.2 Å². The zero-order chi connectivity index (χ0) is 22.6. The fourth-order valence-electron chi connectivity index (χ4n) is 3.76. The van der Waals surface area contributed by atoms with Crippen molar-refractivity contribution in [3.05, 3.63) is 33.9 Å². The lowest BCUT2D eigenvalue weighted by Gasteiger charge is -2.36. The van der Waals surface area contributed by atoms with Crippen LogP contribution in [0.1, 0.15) is 50.4 Å². The molecule has 0 bridgehead atoms. The van der Waals surface area contributed by atoms with E-state index in [0.717, 1.165) is 43.7 Å². The SMILES string of the molecule is CC1CCC(C(C)C)C(OC(=O)COC(=O)c2ccc(S(C)(=O)=O)c([N+](=O)[O-])c2)C1. The number of rotatable bonds is 7. The molecule has 1 aromatic carbocycles. The number of carbonyl (C=O) groups is 2. The first-order valence-corrected chi connectivity index (χ1v) is 11.6. The van der Waals surface area contributed by atoms with Crippen molar-refractivity contribution in [3.63, 3.8) is 0 Å². The maximum absolute atomic E-state index is 12.2. The zero-order valence-corrected chi connectivity index (χ0v) is 18.3. The van der Waals surface area contributed by atoms with Crippen LogP contribution in [0.25, 0.3) is 0 Å². The zero-order valence-electron chi connectivity index (χ0n) is 17.5. The van der Waals surface area contributed by atoms with Crippen molar-refractivity contribution in [2.24, 2.45) is 17.8 Å². The average molecular weight is 442 g/mol. The molecule has 1 fully saturated rings. The molecule has 9 nitrogen and oxygen atoms in total. The van der Waals surface area contributed by atoms with Crippen molar-refractivity contribution in [3.8, 4) is 0 Å². The molecule has 3 atom stereocenters. The number of esters is 2. The van der Waals surface area contributed by atoms with Gasteiger partial charge in [0.15, 0.2) is 16.4 Å². The van der Waals surface area contributed by atoms with Gasteiger partial charge in [0.05, 0.1) is 10.5 Å². The molecule has 0 N–H and O–H groups in total. The number of nitrogens with zero attached hydrogens (tertiary/aromatic N) is 1. The first kappa shape index (κ1) is 23.8. The van der Waals surface area contributed by atoms with Gasteiger partial charge in [-0.15, -0.1) is 0 Å². The van der Waals surface area contributed by atoms with Crippen molar-refractivity contribution < 1.29 is 32.4 Å². The van der Waals surface area contributed by atoms with Crippen LogP contribution in [0.2, 0.25) is 0 Å². The summed E-state index contributed by atoms with van der Waals surface area (Å²) in [5.74, 6) is -0.629. The third kappa shape index (κ3) is 6.01. The highest BCUT2D eigenvalue weighted by molar-refractivity contribution is 7.90. The summed E-state index contributed by atoms with van der Waals surface area (Å²) in [4.78, 5) is 34.2. The Hall–Kier alpha value is -2.49. The smallest absolute Gasteiger partial charge is 0.344 e. The molecule has 0 aromatic heterocycles. The summed E-state index contributed by atoms with van der Waals surface area (Å²) in [5, 5.41) is 11.2. The lowest BCUT2D eigenvalue weighted by molar-refractivity contribution is -0.387. The fourth-order valence-corrected chi connectivity index (χ4v) is 4.59. The van der Waals surface area contributed by atoms with E-state index in [4.69, 9.17) is 9.47 Å². The molecule has 0 heterocycles.